The summed E-state index contributed by atoms with van der Waals surface area (Å²) < 4.78 is 3.63. The summed E-state index contributed by atoms with van der Waals surface area (Å²) in [6.45, 7) is 0.700. The molecular formula is C22H19ClN8. The van der Waals surface area contributed by atoms with Gasteiger partial charge in [-0.2, -0.15) is 5.10 Å². The SMILES string of the molecule is Cn1nccc1Nc1nccc(-c2ccc3c(c2)nnn3CCc2ccccc2Cl)n1. The van der Waals surface area contributed by atoms with Gasteiger partial charge in [0.15, 0.2) is 0 Å². The molecule has 3 aromatic heterocycles. The first-order valence-corrected chi connectivity index (χ1v) is 10.2. The van der Waals surface area contributed by atoms with Crippen molar-refractivity contribution >= 4 is 34.4 Å². The second-order valence-corrected chi connectivity index (χ2v) is 7.50. The summed E-state index contributed by atoms with van der Waals surface area (Å²) in [7, 11) is 1.86. The summed E-state index contributed by atoms with van der Waals surface area (Å²) in [5.41, 5.74) is 4.63. The minimum absolute atomic E-state index is 0.504. The molecule has 0 amide bonds. The second-order valence-electron chi connectivity index (χ2n) is 7.09. The van der Waals surface area contributed by atoms with Crippen LogP contribution in [0.5, 0.6) is 0 Å². The van der Waals surface area contributed by atoms with Crippen molar-refractivity contribution in [2.75, 3.05) is 5.32 Å². The molecule has 5 aromatic rings. The van der Waals surface area contributed by atoms with Gasteiger partial charge in [0.2, 0.25) is 5.95 Å². The zero-order chi connectivity index (χ0) is 21.2. The molecule has 9 heteroatoms. The van der Waals surface area contributed by atoms with E-state index in [4.69, 9.17) is 11.6 Å². The first-order valence-electron chi connectivity index (χ1n) is 9.82. The van der Waals surface area contributed by atoms with Crippen LogP contribution in [-0.4, -0.2) is 34.7 Å². The van der Waals surface area contributed by atoms with Crippen molar-refractivity contribution in [1.82, 2.24) is 34.7 Å². The molecule has 8 nitrogen and oxygen atoms in total. The molecular weight excluding hydrogens is 412 g/mol. The van der Waals surface area contributed by atoms with E-state index in [0.717, 1.165) is 45.1 Å². The molecule has 0 saturated carbocycles. The fourth-order valence-corrected chi connectivity index (χ4v) is 3.65. The van der Waals surface area contributed by atoms with Crippen molar-refractivity contribution in [3.05, 3.63) is 77.6 Å². The lowest BCUT2D eigenvalue weighted by molar-refractivity contribution is 0.607. The zero-order valence-corrected chi connectivity index (χ0v) is 17.5. The Morgan fingerprint density at radius 1 is 1.03 bits per heavy atom. The van der Waals surface area contributed by atoms with Gasteiger partial charge >= 0.3 is 0 Å². The molecule has 2 aromatic carbocycles. The van der Waals surface area contributed by atoms with E-state index in [0.29, 0.717) is 12.5 Å². The van der Waals surface area contributed by atoms with E-state index < -0.39 is 0 Å². The van der Waals surface area contributed by atoms with Crippen molar-refractivity contribution < 1.29 is 0 Å². The van der Waals surface area contributed by atoms with Gasteiger partial charge in [-0.15, -0.1) is 5.10 Å². The fourth-order valence-electron chi connectivity index (χ4n) is 3.41. The van der Waals surface area contributed by atoms with Crippen molar-refractivity contribution in [2.24, 2.45) is 7.05 Å². The van der Waals surface area contributed by atoms with Crippen molar-refractivity contribution in [3.63, 3.8) is 0 Å². The molecule has 0 aliphatic carbocycles. The minimum Gasteiger partial charge on any atom is -0.309 e. The topological polar surface area (TPSA) is 86.3 Å². The first-order chi connectivity index (χ1) is 15.2. The van der Waals surface area contributed by atoms with E-state index in [9.17, 15) is 0 Å². The Kier molecular flexibility index (Phi) is 5.05. The van der Waals surface area contributed by atoms with Gasteiger partial charge in [0.25, 0.3) is 0 Å². The quantitative estimate of drug-likeness (QED) is 0.433. The maximum atomic E-state index is 6.27. The van der Waals surface area contributed by atoms with E-state index in [1.54, 1.807) is 17.1 Å². The Bertz CT molecular complexity index is 1360. The number of fused-ring (bicyclic) bond motifs is 1. The number of aryl methyl sites for hydroxylation is 3. The Morgan fingerprint density at radius 3 is 2.77 bits per heavy atom. The highest BCUT2D eigenvalue weighted by Crippen LogP contribution is 2.24. The molecule has 0 bridgehead atoms. The van der Waals surface area contributed by atoms with Crippen LogP contribution >= 0.6 is 11.6 Å². The third-order valence-corrected chi connectivity index (χ3v) is 5.45. The average Bonchev–Trinajstić information content (AvgIpc) is 3.39. The van der Waals surface area contributed by atoms with E-state index in [1.165, 1.54) is 0 Å². The van der Waals surface area contributed by atoms with Gasteiger partial charge in [-0.3, -0.25) is 4.68 Å². The maximum Gasteiger partial charge on any atom is 0.228 e. The van der Waals surface area contributed by atoms with Gasteiger partial charge in [0.1, 0.15) is 11.3 Å². The molecule has 0 aliphatic heterocycles. The van der Waals surface area contributed by atoms with Crippen LogP contribution in [0.4, 0.5) is 11.8 Å². The number of hydrogen-bond donors (Lipinski definition) is 1. The highest BCUT2D eigenvalue weighted by Gasteiger charge is 2.10. The van der Waals surface area contributed by atoms with Gasteiger partial charge in [-0.1, -0.05) is 41.1 Å². The minimum atomic E-state index is 0.504. The van der Waals surface area contributed by atoms with Crippen LogP contribution in [0.25, 0.3) is 22.3 Å². The lowest BCUT2D eigenvalue weighted by Gasteiger charge is -2.07. The number of rotatable bonds is 6. The summed E-state index contributed by atoms with van der Waals surface area (Å²) in [6.07, 6.45) is 4.23. The zero-order valence-electron chi connectivity index (χ0n) is 16.8. The van der Waals surface area contributed by atoms with Crippen molar-refractivity contribution in [3.8, 4) is 11.3 Å². The van der Waals surface area contributed by atoms with Crippen LogP contribution in [0.2, 0.25) is 5.02 Å². The summed E-state index contributed by atoms with van der Waals surface area (Å²) in [5.74, 6) is 1.32. The van der Waals surface area contributed by atoms with Crippen LogP contribution < -0.4 is 5.32 Å². The molecule has 3 heterocycles. The monoisotopic (exact) mass is 430 g/mol. The molecule has 0 radical (unpaired) electrons. The molecule has 0 fully saturated rings. The van der Waals surface area contributed by atoms with E-state index >= 15 is 0 Å². The largest absolute Gasteiger partial charge is 0.309 e. The number of aromatic nitrogens is 7. The lowest BCUT2D eigenvalue weighted by Crippen LogP contribution is -2.04. The number of hydrogen-bond acceptors (Lipinski definition) is 6. The van der Waals surface area contributed by atoms with Gasteiger partial charge in [-0.05, 0) is 36.2 Å². The third-order valence-electron chi connectivity index (χ3n) is 5.08. The second kappa shape index (κ2) is 8.16. The number of nitrogens with zero attached hydrogens (tertiary/aromatic N) is 7. The normalized spacial score (nSPS) is 11.2. The predicted octanol–water partition coefficient (Wildman–Crippen LogP) is 4.26. The van der Waals surface area contributed by atoms with Gasteiger partial charge in [-0.25, -0.2) is 14.6 Å². The maximum absolute atomic E-state index is 6.27. The molecule has 154 valence electrons. The van der Waals surface area contributed by atoms with Gasteiger partial charge in [0, 0.05) is 36.4 Å². The molecule has 0 aliphatic rings. The Balaban J connectivity index is 1.38. The first kappa shape index (κ1) is 19.2. The van der Waals surface area contributed by atoms with Gasteiger partial charge < -0.3 is 5.32 Å². The number of anilines is 2. The number of halogens is 1. The third kappa shape index (κ3) is 3.97. The van der Waals surface area contributed by atoms with Crippen LogP contribution in [-0.2, 0) is 20.0 Å². The molecule has 0 spiro atoms. The van der Waals surface area contributed by atoms with Crippen LogP contribution in [0.3, 0.4) is 0 Å². The smallest absolute Gasteiger partial charge is 0.228 e. The Morgan fingerprint density at radius 2 is 1.94 bits per heavy atom. The average molecular weight is 431 g/mol. The molecule has 0 unspecified atom stereocenters. The van der Waals surface area contributed by atoms with E-state index in [-0.39, 0.29) is 0 Å². The highest BCUT2D eigenvalue weighted by molar-refractivity contribution is 6.31. The lowest BCUT2D eigenvalue weighted by atomic mass is 10.1. The standard InChI is InChI=1S/C22H19ClN8/c1-30-21(9-12-25-30)27-22-24-11-8-18(26-22)16-6-7-20-19(14-16)28-29-31(20)13-10-15-4-2-3-5-17(15)23/h2-9,11-12,14H,10,13H2,1H3,(H,24,26,27). The number of benzene rings is 2. The fraction of sp³-hybridized carbons (Fsp3) is 0.136. The summed E-state index contributed by atoms with van der Waals surface area (Å²) >= 11 is 6.27. The Hall–Kier alpha value is -3.78. The van der Waals surface area contributed by atoms with Crippen LogP contribution in [0.15, 0.2) is 67.0 Å². The van der Waals surface area contributed by atoms with Crippen molar-refractivity contribution in [1.29, 1.82) is 0 Å². The summed E-state index contributed by atoms with van der Waals surface area (Å²) in [4.78, 5) is 8.93. The molecule has 1 N–H and O–H groups in total. The Labute approximate surface area is 183 Å². The molecule has 0 saturated heterocycles. The van der Waals surface area contributed by atoms with Crippen molar-refractivity contribution in [2.45, 2.75) is 13.0 Å². The predicted molar refractivity (Wildman–Crippen MR) is 120 cm³/mol. The summed E-state index contributed by atoms with van der Waals surface area (Å²) in [6, 6.07) is 17.6. The summed E-state index contributed by atoms with van der Waals surface area (Å²) in [5, 5.41) is 16.8. The van der Waals surface area contributed by atoms with E-state index in [2.05, 4.69) is 30.7 Å². The number of nitrogens with one attached hydrogen (secondary N) is 1. The van der Waals surface area contributed by atoms with Gasteiger partial charge in [0.05, 0.1) is 17.4 Å². The van der Waals surface area contributed by atoms with Crippen LogP contribution in [0.1, 0.15) is 5.56 Å². The van der Waals surface area contributed by atoms with E-state index in [1.807, 2.05) is 66.3 Å². The molecule has 5 rings (SSSR count). The molecule has 0 atom stereocenters. The highest BCUT2D eigenvalue weighted by atomic mass is 35.5. The molecule has 31 heavy (non-hydrogen) atoms. The van der Waals surface area contributed by atoms with Crippen LogP contribution in [0, 0.1) is 0 Å².